The normalized spacial score (nSPS) is 21.4. The standard InChI is InChI=1S/C22H19BrN8O2/c23-15-4-1-5-16(28-15)29-22(33)14-8-11-7-13(11)31(14)17(32)9-30-20-12(3-2-6-25-20)18-19(24)26-10-27-21(18)30/h1-6,10-11,13-14H,7-9H2,(H2,24,26,27)(H,28,29,33)/t11?,13-,14+/m1/s1. The maximum Gasteiger partial charge on any atom is 0.248 e. The molecule has 2 aliphatic rings. The van der Waals surface area contributed by atoms with Gasteiger partial charge >= 0.3 is 0 Å². The van der Waals surface area contributed by atoms with Crippen molar-refractivity contribution in [2.75, 3.05) is 11.1 Å². The van der Waals surface area contributed by atoms with Crippen LogP contribution in [0.2, 0.25) is 0 Å². The van der Waals surface area contributed by atoms with Gasteiger partial charge in [-0.2, -0.15) is 0 Å². The number of anilines is 2. The summed E-state index contributed by atoms with van der Waals surface area (Å²) in [6.07, 6.45) is 4.62. The van der Waals surface area contributed by atoms with E-state index in [9.17, 15) is 9.59 Å². The Morgan fingerprint density at radius 1 is 1.12 bits per heavy atom. The van der Waals surface area contributed by atoms with Crippen LogP contribution in [0.4, 0.5) is 11.6 Å². The molecule has 1 saturated carbocycles. The Hall–Kier alpha value is -3.60. The minimum absolute atomic E-state index is 0.00953. The SMILES string of the molecule is Nc1ncnc2c1c1cccnc1n2CC(=O)N1[C@@H]2CC2C[C@H]1C(=O)Nc1cccc(Br)n1. The van der Waals surface area contributed by atoms with Gasteiger partial charge in [-0.05, 0) is 59.0 Å². The lowest BCUT2D eigenvalue weighted by atomic mass is 10.1. The summed E-state index contributed by atoms with van der Waals surface area (Å²) in [4.78, 5) is 45.5. The number of nitrogens with zero attached hydrogens (tertiary/aromatic N) is 6. The van der Waals surface area contributed by atoms with Crippen LogP contribution in [0.1, 0.15) is 12.8 Å². The largest absolute Gasteiger partial charge is 0.383 e. The molecule has 5 heterocycles. The van der Waals surface area contributed by atoms with Crippen LogP contribution >= 0.6 is 15.9 Å². The van der Waals surface area contributed by atoms with Gasteiger partial charge in [0.15, 0.2) is 0 Å². The molecule has 33 heavy (non-hydrogen) atoms. The zero-order chi connectivity index (χ0) is 22.7. The van der Waals surface area contributed by atoms with Gasteiger partial charge in [0.2, 0.25) is 11.8 Å². The van der Waals surface area contributed by atoms with Crippen molar-refractivity contribution in [1.82, 2.24) is 29.4 Å². The third-order valence-corrected chi connectivity index (χ3v) is 6.82. The van der Waals surface area contributed by atoms with E-state index < -0.39 is 6.04 Å². The van der Waals surface area contributed by atoms with Crippen LogP contribution in [0, 0.1) is 5.92 Å². The first-order valence-electron chi connectivity index (χ1n) is 10.6. The van der Waals surface area contributed by atoms with Crippen molar-refractivity contribution in [3.63, 3.8) is 0 Å². The van der Waals surface area contributed by atoms with E-state index in [1.165, 1.54) is 6.33 Å². The Labute approximate surface area is 196 Å². The molecule has 1 saturated heterocycles. The van der Waals surface area contributed by atoms with Crippen molar-refractivity contribution < 1.29 is 9.59 Å². The minimum atomic E-state index is -0.539. The zero-order valence-electron chi connectivity index (χ0n) is 17.3. The van der Waals surface area contributed by atoms with Crippen LogP contribution < -0.4 is 11.1 Å². The van der Waals surface area contributed by atoms with Gasteiger partial charge in [0.25, 0.3) is 0 Å². The van der Waals surface area contributed by atoms with Crippen molar-refractivity contribution >= 4 is 61.4 Å². The zero-order valence-corrected chi connectivity index (χ0v) is 18.9. The van der Waals surface area contributed by atoms with Crippen LogP contribution in [-0.2, 0) is 16.1 Å². The lowest BCUT2D eigenvalue weighted by Crippen LogP contribution is -2.46. The van der Waals surface area contributed by atoms with Gasteiger partial charge in [0.1, 0.15) is 46.4 Å². The van der Waals surface area contributed by atoms with E-state index in [-0.39, 0.29) is 24.4 Å². The number of carbonyl (C=O) groups is 2. The first-order chi connectivity index (χ1) is 16.0. The number of nitrogens with two attached hydrogens (primary N) is 1. The molecule has 0 bridgehead atoms. The van der Waals surface area contributed by atoms with Gasteiger partial charge in [-0.15, -0.1) is 0 Å². The molecule has 3 atom stereocenters. The second kappa shape index (κ2) is 7.48. The molecule has 2 amide bonds. The lowest BCUT2D eigenvalue weighted by molar-refractivity contribution is -0.138. The summed E-state index contributed by atoms with van der Waals surface area (Å²) in [5, 5.41) is 4.31. The summed E-state index contributed by atoms with van der Waals surface area (Å²) in [6.45, 7) is 0.00953. The van der Waals surface area contributed by atoms with Crippen LogP contribution in [0.25, 0.3) is 22.1 Å². The number of nitrogen functional groups attached to an aromatic ring is 1. The number of likely N-dealkylation sites (tertiary alicyclic amines) is 1. The van der Waals surface area contributed by atoms with Crippen LogP contribution in [0.3, 0.4) is 0 Å². The number of piperidine rings is 1. The summed E-state index contributed by atoms with van der Waals surface area (Å²) >= 11 is 3.31. The molecule has 10 nitrogen and oxygen atoms in total. The third-order valence-electron chi connectivity index (χ3n) is 6.38. The Morgan fingerprint density at radius 3 is 2.85 bits per heavy atom. The molecular formula is C22H19BrN8O2. The number of fused-ring (bicyclic) bond motifs is 4. The van der Waals surface area contributed by atoms with Crippen LogP contribution in [0.15, 0.2) is 47.5 Å². The Balaban J connectivity index is 1.31. The van der Waals surface area contributed by atoms with Gasteiger partial charge in [-0.3, -0.25) is 9.59 Å². The number of pyridine rings is 2. The third kappa shape index (κ3) is 3.30. The van der Waals surface area contributed by atoms with Gasteiger partial charge in [-0.1, -0.05) is 6.07 Å². The van der Waals surface area contributed by atoms with E-state index >= 15 is 0 Å². The van der Waals surface area contributed by atoms with Gasteiger partial charge in [0, 0.05) is 17.6 Å². The summed E-state index contributed by atoms with van der Waals surface area (Å²) < 4.78 is 2.38. The lowest BCUT2D eigenvalue weighted by Gasteiger charge is -2.27. The summed E-state index contributed by atoms with van der Waals surface area (Å²) in [5.41, 5.74) is 7.27. The molecule has 1 aliphatic carbocycles. The molecule has 11 heteroatoms. The van der Waals surface area contributed by atoms with Crippen molar-refractivity contribution in [3.8, 4) is 0 Å². The smallest absolute Gasteiger partial charge is 0.248 e. The average molecular weight is 507 g/mol. The molecule has 2 fully saturated rings. The number of amides is 2. The highest BCUT2D eigenvalue weighted by Gasteiger charge is 2.56. The predicted octanol–water partition coefficient (Wildman–Crippen LogP) is 2.35. The number of halogens is 1. The fourth-order valence-corrected chi connectivity index (χ4v) is 5.21. The van der Waals surface area contributed by atoms with Gasteiger partial charge in [-0.25, -0.2) is 19.9 Å². The fraction of sp³-hybridized carbons (Fsp3) is 0.273. The van der Waals surface area contributed by atoms with Crippen LogP contribution in [-0.4, -0.2) is 53.3 Å². The molecule has 1 unspecified atom stereocenters. The van der Waals surface area contributed by atoms with Crippen LogP contribution in [0.5, 0.6) is 0 Å². The molecule has 6 rings (SSSR count). The average Bonchev–Trinajstić information content (AvgIpc) is 3.34. The number of rotatable bonds is 4. The second-order valence-electron chi connectivity index (χ2n) is 8.37. The number of hydrogen-bond acceptors (Lipinski definition) is 7. The first-order valence-corrected chi connectivity index (χ1v) is 11.4. The highest BCUT2D eigenvalue weighted by atomic mass is 79.9. The van der Waals surface area contributed by atoms with E-state index in [0.29, 0.717) is 45.3 Å². The van der Waals surface area contributed by atoms with E-state index in [0.717, 1.165) is 11.8 Å². The van der Waals surface area contributed by atoms with E-state index in [1.807, 2.05) is 12.1 Å². The Bertz CT molecular complexity index is 1440. The summed E-state index contributed by atoms with van der Waals surface area (Å²) in [7, 11) is 0. The molecule has 1 aliphatic heterocycles. The number of hydrogen-bond donors (Lipinski definition) is 2. The first kappa shape index (κ1) is 20.0. The Morgan fingerprint density at radius 2 is 2.00 bits per heavy atom. The molecule has 166 valence electrons. The van der Waals surface area contributed by atoms with Gasteiger partial charge < -0.3 is 20.5 Å². The highest BCUT2D eigenvalue weighted by molar-refractivity contribution is 9.10. The van der Waals surface area contributed by atoms with Crippen molar-refractivity contribution in [2.24, 2.45) is 5.92 Å². The molecule has 0 aromatic carbocycles. The monoisotopic (exact) mass is 506 g/mol. The predicted molar refractivity (Wildman–Crippen MR) is 125 cm³/mol. The molecular weight excluding hydrogens is 488 g/mol. The van der Waals surface area contributed by atoms with E-state index in [1.54, 1.807) is 33.9 Å². The van der Waals surface area contributed by atoms with Gasteiger partial charge in [0.05, 0.1) is 5.39 Å². The fourth-order valence-electron chi connectivity index (χ4n) is 4.86. The van der Waals surface area contributed by atoms with Crippen molar-refractivity contribution in [3.05, 3.63) is 47.5 Å². The molecule has 4 aromatic heterocycles. The summed E-state index contributed by atoms with van der Waals surface area (Å²) in [6, 6.07) is 8.55. The van der Waals surface area contributed by atoms with Crippen molar-refractivity contribution in [1.29, 1.82) is 0 Å². The molecule has 0 spiro atoms. The Kier molecular flexibility index (Phi) is 4.54. The van der Waals surface area contributed by atoms with E-state index in [2.05, 4.69) is 41.2 Å². The number of carbonyl (C=O) groups excluding carboxylic acids is 2. The highest BCUT2D eigenvalue weighted by Crippen LogP contribution is 2.48. The van der Waals surface area contributed by atoms with E-state index in [4.69, 9.17) is 5.73 Å². The second-order valence-corrected chi connectivity index (χ2v) is 9.18. The minimum Gasteiger partial charge on any atom is -0.383 e. The topological polar surface area (TPSA) is 132 Å². The number of nitrogens with one attached hydrogen (secondary N) is 1. The maximum absolute atomic E-state index is 13.5. The molecule has 4 aromatic rings. The molecule has 0 radical (unpaired) electrons. The number of aromatic nitrogens is 5. The summed E-state index contributed by atoms with van der Waals surface area (Å²) in [5.74, 6) is 0.763. The van der Waals surface area contributed by atoms with Crippen molar-refractivity contribution in [2.45, 2.75) is 31.5 Å². The molecule has 3 N–H and O–H groups in total. The quantitative estimate of drug-likeness (QED) is 0.406. The maximum atomic E-state index is 13.5.